The number of halogens is 1. The summed E-state index contributed by atoms with van der Waals surface area (Å²) in [6.07, 6.45) is 4.42. The van der Waals surface area contributed by atoms with Gasteiger partial charge in [0.25, 0.3) is 0 Å². The van der Waals surface area contributed by atoms with Gasteiger partial charge in [-0.2, -0.15) is 0 Å². The molecule has 0 bridgehead atoms. The summed E-state index contributed by atoms with van der Waals surface area (Å²) in [7, 11) is 0. The number of hydrogen-bond acceptors (Lipinski definition) is 0. The molecule has 0 amide bonds. The van der Waals surface area contributed by atoms with Gasteiger partial charge in [-0.3, -0.25) is 0 Å². The Hall–Kier alpha value is -2.61. The summed E-state index contributed by atoms with van der Waals surface area (Å²) in [6.45, 7) is 13.3. The number of rotatable bonds is 4. The van der Waals surface area contributed by atoms with Crippen molar-refractivity contribution in [3.8, 4) is 22.4 Å². The first-order chi connectivity index (χ1) is 13.2. The van der Waals surface area contributed by atoms with Crippen LogP contribution in [-0.2, 0) is 0 Å². The number of nitrogens with zero attached hydrogens (tertiary/aromatic N) is 1. The summed E-state index contributed by atoms with van der Waals surface area (Å²) in [6, 6.07) is 17.3. The molecule has 0 radical (unpaired) electrons. The Morgan fingerprint density at radius 2 is 1.50 bits per heavy atom. The van der Waals surface area contributed by atoms with E-state index in [-0.39, 0.29) is 11.2 Å². The van der Waals surface area contributed by atoms with Crippen LogP contribution in [0.2, 0.25) is 0 Å². The monoisotopic (exact) mass is 375 g/mol. The molecule has 0 N–H and O–H groups in total. The fraction of sp³-hybridized carbons (Fsp3) is 0.308. The Bertz CT molecular complexity index is 968. The van der Waals surface area contributed by atoms with Crippen molar-refractivity contribution in [2.75, 3.05) is 0 Å². The quantitative estimate of drug-likeness (QED) is 0.436. The Morgan fingerprint density at radius 3 is 2.04 bits per heavy atom. The summed E-state index contributed by atoms with van der Waals surface area (Å²) < 4.78 is 15.9. The number of benzene rings is 2. The minimum atomic E-state index is -0.214. The predicted octanol–water partition coefficient (Wildman–Crippen LogP) is 7.91. The molecule has 1 nitrogen and oxygen atoms in total. The molecule has 28 heavy (non-hydrogen) atoms. The molecule has 2 heteroatoms. The van der Waals surface area contributed by atoms with E-state index in [1.165, 1.54) is 22.4 Å². The molecule has 2 aromatic carbocycles. The van der Waals surface area contributed by atoms with Crippen LogP contribution in [0.15, 0.2) is 60.7 Å². The van der Waals surface area contributed by atoms with Crippen molar-refractivity contribution in [1.29, 1.82) is 0 Å². The smallest absolute Gasteiger partial charge is 0.123 e. The molecule has 146 valence electrons. The van der Waals surface area contributed by atoms with Gasteiger partial charge in [-0.15, -0.1) is 0 Å². The minimum absolute atomic E-state index is 0.0688. The zero-order valence-corrected chi connectivity index (χ0v) is 17.8. The molecule has 3 rings (SSSR count). The van der Waals surface area contributed by atoms with Gasteiger partial charge in [-0.25, -0.2) is 4.39 Å². The Labute approximate surface area is 168 Å². The third kappa shape index (κ3) is 4.11. The van der Waals surface area contributed by atoms with E-state index in [4.69, 9.17) is 0 Å². The summed E-state index contributed by atoms with van der Waals surface area (Å²) in [5, 5.41) is 0. The van der Waals surface area contributed by atoms with Crippen LogP contribution in [0.4, 0.5) is 4.39 Å². The van der Waals surface area contributed by atoms with Crippen molar-refractivity contribution in [2.24, 2.45) is 5.41 Å². The molecule has 0 fully saturated rings. The van der Waals surface area contributed by atoms with Gasteiger partial charge in [0, 0.05) is 17.5 Å². The van der Waals surface area contributed by atoms with Crippen LogP contribution in [0.25, 0.3) is 28.6 Å². The molecule has 3 aromatic rings. The second-order valence-corrected chi connectivity index (χ2v) is 8.81. The van der Waals surface area contributed by atoms with Crippen molar-refractivity contribution in [3.05, 3.63) is 77.7 Å². The highest BCUT2D eigenvalue weighted by atomic mass is 19.1. The van der Waals surface area contributed by atoms with Crippen molar-refractivity contribution in [1.82, 2.24) is 4.57 Å². The minimum Gasteiger partial charge on any atom is -0.319 e. The fourth-order valence-corrected chi connectivity index (χ4v) is 3.74. The van der Waals surface area contributed by atoms with Crippen LogP contribution in [0.5, 0.6) is 0 Å². The van der Waals surface area contributed by atoms with Crippen LogP contribution in [0.3, 0.4) is 0 Å². The van der Waals surface area contributed by atoms with Gasteiger partial charge < -0.3 is 4.57 Å². The van der Waals surface area contributed by atoms with Gasteiger partial charge in [0.05, 0.1) is 5.69 Å². The van der Waals surface area contributed by atoms with Gasteiger partial charge >= 0.3 is 0 Å². The largest absolute Gasteiger partial charge is 0.319 e. The highest BCUT2D eigenvalue weighted by molar-refractivity contribution is 5.87. The topological polar surface area (TPSA) is 4.93 Å². The van der Waals surface area contributed by atoms with Crippen molar-refractivity contribution < 1.29 is 4.39 Å². The fourth-order valence-electron chi connectivity index (χ4n) is 3.74. The van der Waals surface area contributed by atoms with Crippen LogP contribution < -0.4 is 0 Å². The van der Waals surface area contributed by atoms with E-state index >= 15 is 0 Å². The summed E-state index contributed by atoms with van der Waals surface area (Å²) in [5.41, 5.74) is 7.18. The normalized spacial score (nSPS) is 12.3. The number of aromatic nitrogens is 1. The highest BCUT2D eigenvalue weighted by Crippen LogP contribution is 2.41. The second-order valence-electron chi connectivity index (χ2n) is 8.81. The van der Waals surface area contributed by atoms with Crippen molar-refractivity contribution in [3.63, 3.8) is 0 Å². The molecule has 0 aliphatic rings. The van der Waals surface area contributed by atoms with E-state index in [1.54, 1.807) is 12.1 Å². The van der Waals surface area contributed by atoms with Gasteiger partial charge in [-0.1, -0.05) is 71.0 Å². The zero-order chi connectivity index (χ0) is 20.5. The predicted molar refractivity (Wildman–Crippen MR) is 119 cm³/mol. The standard InChI is InChI=1S/C26H30FN/c1-18(2)24-19(3)23(20-10-8-7-9-11-20)25(21-12-14-22(27)15-13-21)28(24)17-16-26(4,5)6/h7-18H,1-6H3. The van der Waals surface area contributed by atoms with Crippen LogP contribution in [0.1, 0.15) is 51.8 Å². The summed E-state index contributed by atoms with van der Waals surface area (Å²) >= 11 is 0. The maximum Gasteiger partial charge on any atom is 0.123 e. The van der Waals surface area contributed by atoms with Crippen LogP contribution in [0, 0.1) is 18.2 Å². The maximum absolute atomic E-state index is 13.6. The molecule has 0 spiro atoms. The highest BCUT2D eigenvalue weighted by Gasteiger charge is 2.23. The number of allylic oxidation sites excluding steroid dienone is 1. The van der Waals surface area contributed by atoms with Crippen molar-refractivity contribution >= 4 is 6.20 Å². The molecule has 0 atom stereocenters. The Balaban J connectivity index is 2.39. The van der Waals surface area contributed by atoms with Gasteiger partial charge in [-0.05, 0) is 59.2 Å². The lowest BCUT2D eigenvalue weighted by Crippen LogP contribution is -2.04. The first-order valence-corrected chi connectivity index (χ1v) is 9.94. The van der Waals surface area contributed by atoms with Crippen molar-refractivity contribution in [2.45, 2.75) is 47.5 Å². The SMILES string of the molecule is Cc1c(-c2ccccc2)c(-c2ccc(F)cc2)n(C=CC(C)(C)C)c1C(C)C. The molecule has 0 unspecified atom stereocenters. The van der Waals surface area contributed by atoms with Gasteiger partial charge in [0.15, 0.2) is 0 Å². The first kappa shape index (κ1) is 20.1. The van der Waals surface area contributed by atoms with Gasteiger partial charge in [0.1, 0.15) is 5.82 Å². The summed E-state index contributed by atoms with van der Waals surface area (Å²) in [5.74, 6) is 0.149. The van der Waals surface area contributed by atoms with E-state index < -0.39 is 0 Å². The summed E-state index contributed by atoms with van der Waals surface area (Å²) in [4.78, 5) is 0. The molecule has 1 heterocycles. The van der Waals surface area contributed by atoms with Gasteiger partial charge in [0.2, 0.25) is 0 Å². The average molecular weight is 376 g/mol. The second kappa shape index (κ2) is 7.79. The lowest BCUT2D eigenvalue weighted by Gasteiger charge is -2.16. The molecule has 0 saturated carbocycles. The van der Waals surface area contributed by atoms with E-state index in [1.807, 2.05) is 18.2 Å². The van der Waals surface area contributed by atoms with E-state index in [9.17, 15) is 4.39 Å². The third-order valence-electron chi connectivity index (χ3n) is 4.95. The van der Waals surface area contributed by atoms with E-state index in [2.05, 4.69) is 82.7 Å². The van der Waals surface area contributed by atoms with E-state index in [0.717, 1.165) is 11.3 Å². The molecule has 0 saturated heterocycles. The van der Waals surface area contributed by atoms with Crippen LogP contribution >= 0.6 is 0 Å². The molecule has 0 aliphatic heterocycles. The Kier molecular flexibility index (Phi) is 5.60. The average Bonchev–Trinajstić information content (AvgIpc) is 2.93. The Morgan fingerprint density at radius 1 is 0.893 bits per heavy atom. The first-order valence-electron chi connectivity index (χ1n) is 9.94. The zero-order valence-electron chi connectivity index (χ0n) is 17.8. The molecular weight excluding hydrogens is 345 g/mol. The lowest BCUT2D eigenvalue weighted by atomic mass is 9.96. The molecule has 1 aromatic heterocycles. The third-order valence-corrected chi connectivity index (χ3v) is 4.95. The molecule has 0 aliphatic carbocycles. The van der Waals surface area contributed by atoms with E-state index in [0.29, 0.717) is 5.92 Å². The lowest BCUT2D eigenvalue weighted by molar-refractivity contribution is 0.545. The number of hydrogen-bond donors (Lipinski definition) is 0. The maximum atomic E-state index is 13.6. The van der Waals surface area contributed by atoms with Crippen LogP contribution in [-0.4, -0.2) is 4.57 Å². The molecular formula is C26H30FN.